The molecule has 2 aromatic rings. The lowest BCUT2D eigenvalue weighted by molar-refractivity contribution is 0.0687. The molecule has 0 aliphatic heterocycles. The molecule has 0 amide bonds. The fourth-order valence-corrected chi connectivity index (χ4v) is 1.63. The molecule has 0 saturated heterocycles. The van der Waals surface area contributed by atoms with Crippen molar-refractivity contribution < 1.29 is 19.0 Å². The highest BCUT2D eigenvalue weighted by atomic mass is 19.1. The van der Waals surface area contributed by atoms with Crippen molar-refractivity contribution >= 4 is 5.97 Å². The quantitative estimate of drug-likeness (QED) is 0.919. The van der Waals surface area contributed by atoms with Crippen LogP contribution in [0, 0.1) is 12.7 Å². The zero-order valence-corrected chi connectivity index (χ0v) is 10.3. The fraction of sp³-hybridized carbons (Fsp3) is 0.143. The summed E-state index contributed by atoms with van der Waals surface area (Å²) in [6.45, 7) is 1.82. The number of pyridine rings is 1. The van der Waals surface area contributed by atoms with Gasteiger partial charge in [0.1, 0.15) is 18.2 Å². The molecule has 0 unspecified atom stereocenters. The number of aromatic nitrogens is 1. The monoisotopic (exact) mass is 261 g/mol. The Kier molecular flexibility index (Phi) is 3.75. The van der Waals surface area contributed by atoms with Gasteiger partial charge in [0.15, 0.2) is 5.69 Å². The van der Waals surface area contributed by atoms with Crippen molar-refractivity contribution in [2.24, 2.45) is 0 Å². The van der Waals surface area contributed by atoms with Gasteiger partial charge in [-0.15, -0.1) is 0 Å². The SMILES string of the molecule is Cc1ccc(F)cc1OCc1cccnc1C(=O)O. The molecule has 1 heterocycles. The molecule has 0 spiro atoms. The van der Waals surface area contributed by atoms with Crippen LogP contribution >= 0.6 is 0 Å². The summed E-state index contributed by atoms with van der Waals surface area (Å²) in [7, 11) is 0. The van der Waals surface area contributed by atoms with E-state index in [9.17, 15) is 9.18 Å². The van der Waals surface area contributed by atoms with E-state index in [-0.39, 0.29) is 12.3 Å². The second-order valence-corrected chi connectivity index (χ2v) is 4.01. The molecule has 0 bridgehead atoms. The molecule has 0 saturated carbocycles. The average molecular weight is 261 g/mol. The molecule has 5 heteroatoms. The minimum absolute atomic E-state index is 0.0275. The van der Waals surface area contributed by atoms with Crippen LogP contribution in [-0.2, 0) is 6.61 Å². The van der Waals surface area contributed by atoms with Gasteiger partial charge in [-0.25, -0.2) is 14.2 Å². The van der Waals surface area contributed by atoms with Crippen LogP contribution in [0.1, 0.15) is 21.6 Å². The minimum atomic E-state index is -1.12. The first-order valence-corrected chi connectivity index (χ1v) is 5.64. The molecule has 4 nitrogen and oxygen atoms in total. The molecule has 1 aromatic heterocycles. The number of nitrogens with zero attached hydrogens (tertiary/aromatic N) is 1. The highest BCUT2D eigenvalue weighted by Gasteiger charge is 2.12. The zero-order valence-electron chi connectivity index (χ0n) is 10.3. The molecule has 0 fully saturated rings. The number of halogens is 1. The van der Waals surface area contributed by atoms with E-state index in [0.717, 1.165) is 5.56 Å². The van der Waals surface area contributed by atoms with E-state index in [4.69, 9.17) is 9.84 Å². The van der Waals surface area contributed by atoms with Crippen LogP contribution in [0.25, 0.3) is 0 Å². The maximum atomic E-state index is 13.1. The smallest absolute Gasteiger partial charge is 0.354 e. The first-order chi connectivity index (χ1) is 9.08. The van der Waals surface area contributed by atoms with Crippen LogP contribution in [-0.4, -0.2) is 16.1 Å². The number of carbonyl (C=O) groups is 1. The van der Waals surface area contributed by atoms with Crippen molar-refractivity contribution in [1.82, 2.24) is 4.98 Å². The van der Waals surface area contributed by atoms with Crippen LogP contribution < -0.4 is 4.74 Å². The second-order valence-electron chi connectivity index (χ2n) is 4.01. The summed E-state index contributed by atoms with van der Waals surface area (Å²) in [5.74, 6) is -1.12. The van der Waals surface area contributed by atoms with Gasteiger partial charge < -0.3 is 9.84 Å². The number of hydrogen-bond acceptors (Lipinski definition) is 3. The van der Waals surface area contributed by atoms with Crippen molar-refractivity contribution in [2.75, 3.05) is 0 Å². The molecule has 19 heavy (non-hydrogen) atoms. The normalized spacial score (nSPS) is 10.2. The van der Waals surface area contributed by atoms with Crippen molar-refractivity contribution in [3.05, 3.63) is 59.2 Å². The highest BCUT2D eigenvalue weighted by Crippen LogP contribution is 2.20. The third-order valence-electron chi connectivity index (χ3n) is 2.63. The van der Waals surface area contributed by atoms with Crippen LogP contribution in [0.5, 0.6) is 5.75 Å². The van der Waals surface area contributed by atoms with Gasteiger partial charge in [-0.2, -0.15) is 0 Å². The maximum absolute atomic E-state index is 13.1. The van der Waals surface area contributed by atoms with E-state index >= 15 is 0 Å². The molecule has 2 rings (SSSR count). The van der Waals surface area contributed by atoms with Crippen molar-refractivity contribution in [3.63, 3.8) is 0 Å². The Morgan fingerprint density at radius 2 is 2.21 bits per heavy atom. The van der Waals surface area contributed by atoms with Gasteiger partial charge in [0.2, 0.25) is 0 Å². The number of benzene rings is 1. The number of aromatic carboxylic acids is 1. The molecule has 0 aliphatic carbocycles. The van der Waals surface area contributed by atoms with Gasteiger partial charge in [-0.05, 0) is 24.6 Å². The molecule has 1 N–H and O–H groups in total. The van der Waals surface area contributed by atoms with Gasteiger partial charge in [0.25, 0.3) is 0 Å². The summed E-state index contributed by atoms with van der Waals surface area (Å²) in [4.78, 5) is 14.8. The van der Waals surface area contributed by atoms with E-state index in [1.165, 1.54) is 18.3 Å². The Hall–Kier alpha value is -2.43. The van der Waals surface area contributed by atoms with E-state index in [1.807, 2.05) is 0 Å². The van der Waals surface area contributed by atoms with Crippen LogP contribution in [0.15, 0.2) is 36.5 Å². The Bertz CT molecular complexity index is 613. The molecule has 98 valence electrons. The predicted molar refractivity (Wildman–Crippen MR) is 66.7 cm³/mol. The van der Waals surface area contributed by atoms with E-state index < -0.39 is 11.8 Å². The minimum Gasteiger partial charge on any atom is -0.488 e. The second kappa shape index (κ2) is 5.48. The van der Waals surface area contributed by atoms with E-state index in [0.29, 0.717) is 11.3 Å². The van der Waals surface area contributed by atoms with Crippen molar-refractivity contribution in [1.29, 1.82) is 0 Å². The maximum Gasteiger partial charge on any atom is 0.354 e. The molecule has 0 aliphatic rings. The van der Waals surface area contributed by atoms with Gasteiger partial charge in [0, 0.05) is 17.8 Å². The fourth-order valence-electron chi connectivity index (χ4n) is 1.63. The Morgan fingerprint density at radius 3 is 2.95 bits per heavy atom. The number of rotatable bonds is 4. The highest BCUT2D eigenvalue weighted by molar-refractivity contribution is 5.86. The summed E-state index contributed by atoms with van der Waals surface area (Å²) in [5.41, 5.74) is 1.16. The first kappa shape index (κ1) is 13.0. The summed E-state index contributed by atoms with van der Waals surface area (Å²) < 4.78 is 18.5. The average Bonchev–Trinajstić information content (AvgIpc) is 2.40. The molecule has 0 radical (unpaired) electrons. The van der Waals surface area contributed by atoms with E-state index in [2.05, 4.69) is 4.98 Å². The van der Waals surface area contributed by atoms with Crippen LogP contribution in [0.2, 0.25) is 0 Å². The zero-order chi connectivity index (χ0) is 13.8. The van der Waals surface area contributed by atoms with Crippen molar-refractivity contribution in [2.45, 2.75) is 13.5 Å². The largest absolute Gasteiger partial charge is 0.488 e. The summed E-state index contributed by atoms with van der Waals surface area (Å²) >= 11 is 0. The van der Waals surface area contributed by atoms with Gasteiger partial charge in [0.05, 0.1) is 0 Å². The molecule has 0 atom stereocenters. The summed E-state index contributed by atoms with van der Waals surface area (Å²) in [5, 5.41) is 8.98. The number of ether oxygens (including phenoxy) is 1. The van der Waals surface area contributed by atoms with Gasteiger partial charge in [-0.1, -0.05) is 12.1 Å². The van der Waals surface area contributed by atoms with Gasteiger partial charge in [-0.3, -0.25) is 0 Å². The Morgan fingerprint density at radius 1 is 1.42 bits per heavy atom. The lowest BCUT2D eigenvalue weighted by atomic mass is 10.2. The third-order valence-corrected chi connectivity index (χ3v) is 2.63. The predicted octanol–water partition coefficient (Wildman–Crippen LogP) is 2.81. The number of hydrogen-bond donors (Lipinski definition) is 1. The Labute approximate surface area is 109 Å². The standard InChI is InChI=1S/C14H12FNO3/c1-9-4-5-11(15)7-12(9)19-8-10-3-2-6-16-13(10)14(17)18/h2-7H,8H2,1H3,(H,17,18). The Balaban J connectivity index is 2.19. The lowest BCUT2D eigenvalue weighted by Crippen LogP contribution is -2.08. The van der Waals surface area contributed by atoms with Crippen LogP contribution in [0.4, 0.5) is 4.39 Å². The lowest BCUT2D eigenvalue weighted by Gasteiger charge is -2.10. The van der Waals surface area contributed by atoms with E-state index in [1.54, 1.807) is 25.1 Å². The number of aryl methyl sites for hydroxylation is 1. The topological polar surface area (TPSA) is 59.4 Å². The number of carboxylic acid groups (broad SMARTS) is 1. The first-order valence-electron chi connectivity index (χ1n) is 5.64. The van der Waals surface area contributed by atoms with Crippen molar-refractivity contribution in [3.8, 4) is 5.75 Å². The third kappa shape index (κ3) is 3.07. The number of carboxylic acids is 1. The molecule has 1 aromatic carbocycles. The van der Waals surface area contributed by atoms with Crippen LogP contribution in [0.3, 0.4) is 0 Å². The summed E-state index contributed by atoms with van der Waals surface area (Å²) in [6, 6.07) is 7.46. The molecular weight excluding hydrogens is 249 g/mol. The van der Waals surface area contributed by atoms with Gasteiger partial charge >= 0.3 is 5.97 Å². The summed E-state index contributed by atoms with van der Waals surface area (Å²) in [6.07, 6.45) is 1.40. The molecular formula is C14H12FNO3.